The summed E-state index contributed by atoms with van der Waals surface area (Å²) in [7, 11) is 0. The maximum atomic E-state index is 10.4. The number of hydrogen-bond acceptors (Lipinski definition) is 3. The second kappa shape index (κ2) is 3.50. The van der Waals surface area contributed by atoms with Crippen LogP contribution in [0.3, 0.4) is 0 Å². The van der Waals surface area contributed by atoms with Crippen molar-refractivity contribution in [2.24, 2.45) is 16.0 Å². The van der Waals surface area contributed by atoms with Gasteiger partial charge in [0.25, 0.3) is 5.91 Å². The van der Waals surface area contributed by atoms with Gasteiger partial charge in [0.15, 0.2) is 0 Å². The van der Waals surface area contributed by atoms with Crippen LogP contribution in [0.2, 0.25) is 0 Å². The lowest BCUT2D eigenvalue weighted by Gasteiger charge is -2.01. The van der Waals surface area contributed by atoms with Gasteiger partial charge in [0.1, 0.15) is 5.71 Å². The minimum atomic E-state index is -0.500. The molecule has 0 atom stereocenters. The number of primary amides is 1. The van der Waals surface area contributed by atoms with E-state index in [4.69, 9.17) is 5.73 Å². The van der Waals surface area contributed by atoms with Crippen molar-refractivity contribution in [1.82, 2.24) is 0 Å². The van der Waals surface area contributed by atoms with Crippen LogP contribution < -0.4 is 5.73 Å². The van der Waals surface area contributed by atoms with Gasteiger partial charge in [0, 0.05) is 5.92 Å². The molecule has 0 aromatic carbocycles. The third-order valence-corrected chi connectivity index (χ3v) is 1.12. The van der Waals surface area contributed by atoms with Crippen LogP contribution in [-0.2, 0) is 4.79 Å². The molecule has 0 aromatic rings. The molecular weight excluding hydrogens is 136 g/mol. The number of nitrogens with two attached hydrogens (primary N) is 1. The first-order valence-electron chi connectivity index (χ1n) is 2.61. The average molecular weight is 146 g/mol. The summed E-state index contributed by atoms with van der Waals surface area (Å²) in [4.78, 5) is 10.4. The fourth-order valence-electron chi connectivity index (χ4n) is 0.449. The van der Waals surface area contributed by atoms with Crippen molar-refractivity contribution >= 4 is 24.4 Å². The highest BCUT2D eigenvalue weighted by atomic mass is 32.1. The molecule has 0 bridgehead atoms. The molecule has 0 rings (SSSR count). The van der Waals surface area contributed by atoms with Gasteiger partial charge in [-0.15, -0.1) is 0 Å². The van der Waals surface area contributed by atoms with E-state index in [1.807, 2.05) is 13.8 Å². The molecule has 0 aliphatic rings. The monoisotopic (exact) mass is 146 g/mol. The average Bonchev–Trinajstić information content (AvgIpc) is 1.64. The van der Waals surface area contributed by atoms with Gasteiger partial charge in [0.05, 0.1) is 0 Å². The molecule has 52 valence electrons. The normalized spacial score (nSPS) is 12.2. The largest absolute Gasteiger partial charge is 0.365 e. The second-order valence-electron chi connectivity index (χ2n) is 2.00. The lowest BCUT2D eigenvalue weighted by Crippen LogP contribution is -2.26. The molecule has 0 spiro atoms. The predicted octanol–water partition coefficient (Wildman–Crippen LogP) is 0.414. The molecule has 0 aliphatic heterocycles. The summed E-state index contributed by atoms with van der Waals surface area (Å²) in [5.74, 6) is -0.444. The zero-order valence-electron chi connectivity index (χ0n) is 5.46. The van der Waals surface area contributed by atoms with Crippen LogP contribution in [-0.4, -0.2) is 11.6 Å². The predicted molar refractivity (Wildman–Crippen MR) is 40.5 cm³/mol. The van der Waals surface area contributed by atoms with Crippen molar-refractivity contribution in [3.63, 3.8) is 0 Å². The molecule has 3 nitrogen and oxygen atoms in total. The van der Waals surface area contributed by atoms with E-state index in [0.717, 1.165) is 0 Å². The summed E-state index contributed by atoms with van der Waals surface area (Å²) < 4.78 is 3.42. The Bertz CT molecular complexity index is 142. The summed E-state index contributed by atoms with van der Waals surface area (Å²) >= 11 is 3.58. The van der Waals surface area contributed by atoms with E-state index < -0.39 is 5.91 Å². The number of rotatable bonds is 2. The Hall–Kier alpha value is -0.510. The number of carbonyl (C=O) groups is 1. The highest BCUT2D eigenvalue weighted by Gasteiger charge is 2.09. The van der Waals surface area contributed by atoms with Gasteiger partial charge in [-0.1, -0.05) is 13.8 Å². The van der Waals surface area contributed by atoms with Crippen molar-refractivity contribution in [2.75, 3.05) is 0 Å². The minimum Gasteiger partial charge on any atom is -0.365 e. The number of carbonyl (C=O) groups excluding carboxylic acids is 1. The second-order valence-corrected chi connectivity index (χ2v) is 2.20. The Morgan fingerprint density at radius 2 is 2.11 bits per heavy atom. The van der Waals surface area contributed by atoms with Crippen molar-refractivity contribution in [3.8, 4) is 0 Å². The summed E-state index contributed by atoms with van der Waals surface area (Å²) in [6.07, 6.45) is 0. The first-order valence-corrected chi connectivity index (χ1v) is 3.01. The molecule has 0 unspecified atom stereocenters. The van der Waals surface area contributed by atoms with Gasteiger partial charge in [-0.05, 0) is 12.8 Å². The van der Waals surface area contributed by atoms with E-state index in [-0.39, 0.29) is 5.92 Å². The molecule has 1 amide bonds. The molecular formula is C5H10N2OS. The van der Waals surface area contributed by atoms with Crippen molar-refractivity contribution in [2.45, 2.75) is 13.8 Å². The molecule has 0 aromatic heterocycles. The number of amides is 1. The van der Waals surface area contributed by atoms with E-state index in [2.05, 4.69) is 17.2 Å². The van der Waals surface area contributed by atoms with Crippen LogP contribution in [0.15, 0.2) is 4.40 Å². The van der Waals surface area contributed by atoms with Gasteiger partial charge in [0.2, 0.25) is 0 Å². The van der Waals surface area contributed by atoms with Crippen molar-refractivity contribution in [1.29, 1.82) is 0 Å². The molecule has 0 fully saturated rings. The highest BCUT2D eigenvalue weighted by molar-refractivity contribution is 7.79. The van der Waals surface area contributed by atoms with Crippen LogP contribution in [0.25, 0.3) is 0 Å². The van der Waals surface area contributed by atoms with Crippen molar-refractivity contribution in [3.05, 3.63) is 0 Å². The maximum Gasteiger partial charge on any atom is 0.264 e. The van der Waals surface area contributed by atoms with E-state index in [0.29, 0.717) is 5.71 Å². The van der Waals surface area contributed by atoms with Crippen molar-refractivity contribution < 1.29 is 4.79 Å². The summed E-state index contributed by atoms with van der Waals surface area (Å²) in [5, 5.41) is 0. The number of thiol groups is 1. The Morgan fingerprint density at radius 1 is 1.67 bits per heavy atom. The molecule has 0 saturated carbocycles. The first kappa shape index (κ1) is 8.49. The van der Waals surface area contributed by atoms with E-state index in [9.17, 15) is 4.79 Å². The molecule has 4 heteroatoms. The van der Waals surface area contributed by atoms with Gasteiger partial charge >= 0.3 is 0 Å². The Kier molecular flexibility index (Phi) is 3.30. The molecule has 0 radical (unpaired) electrons. The fourth-order valence-corrected chi connectivity index (χ4v) is 0.779. The van der Waals surface area contributed by atoms with Crippen LogP contribution in [0.5, 0.6) is 0 Å². The third-order valence-electron chi connectivity index (χ3n) is 0.907. The summed E-state index contributed by atoms with van der Waals surface area (Å²) in [6.45, 7) is 3.67. The van der Waals surface area contributed by atoms with Gasteiger partial charge in [-0.3, -0.25) is 4.79 Å². The lowest BCUT2D eigenvalue weighted by atomic mass is 10.1. The Balaban J connectivity index is 4.19. The summed E-state index contributed by atoms with van der Waals surface area (Å²) in [6, 6.07) is 0. The summed E-state index contributed by atoms with van der Waals surface area (Å²) in [5.41, 5.74) is 5.25. The van der Waals surface area contributed by atoms with Gasteiger partial charge in [-0.2, -0.15) is 0 Å². The van der Waals surface area contributed by atoms with Crippen LogP contribution in [0, 0.1) is 5.92 Å². The highest BCUT2D eigenvalue weighted by Crippen LogP contribution is 1.97. The quantitative estimate of drug-likeness (QED) is 0.430. The first-order chi connectivity index (χ1) is 4.09. The van der Waals surface area contributed by atoms with E-state index in [1.165, 1.54) is 0 Å². The maximum absolute atomic E-state index is 10.4. The van der Waals surface area contributed by atoms with E-state index >= 15 is 0 Å². The molecule has 0 saturated heterocycles. The molecule has 9 heavy (non-hydrogen) atoms. The topological polar surface area (TPSA) is 55.4 Å². The zero-order chi connectivity index (χ0) is 7.44. The smallest absolute Gasteiger partial charge is 0.264 e. The molecule has 0 heterocycles. The Labute approximate surface area is 59.9 Å². The fraction of sp³-hybridized carbons (Fsp3) is 0.600. The van der Waals surface area contributed by atoms with Gasteiger partial charge < -0.3 is 5.73 Å². The number of nitrogens with zero attached hydrogens (tertiary/aromatic N) is 1. The van der Waals surface area contributed by atoms with E-state index in [1.54, 1.807) is 0 Å². The molecule has 2 N–H and O–H groups in total. The van der Waals surface area contributed by atoms with Gasteiger partial charge in [-0.25, -0.2) is 4.40 Å². The van der Waals surface area contributed by atoms with Crippen LogP contribution in [0.1, 0.15) is 13.8 Å². The SMILES string of the molecule is CC(C)C(=NS)C(N)=O. The number of hydrogen-bond donors (Lipinski definition) is 2. The standard InChI is InChI=1S/C5H10N2OS/c1-3(2)4(7-9)5(6)8/h3,9H,1-2H3,(H2,6,8). The van der Waals surface area contributed by atoms with Crippen LogP contribution in [0.4, 0.5) is 0 Å². The lowest BCUT2D eigenvalue weighted by molar-refractivity contribution is -0.112. The zero-order valence-corrected chi connectivity index (χ0v) is 6.35. The third kappa shape index (κ3) is 2.51. The Morgan fingerprint density at radius 3 is 2.11 bits per heavy atom. The van der Waals surface area contributed by atoms with Crippen LogP contribution >= 0.6 is 12.8 Å². The molecule has 0 aliphatic carbocycles. The minimum absolute atomic E-state index is 0.0556.